The third-order valence-corrected chi connectivity index (χ3v) is 4.10. The lowest BCUT2D eigenvalue weighted by atomic mass is 10.2. The van der Waals surface area contributed by atoms with Gasteiger partial charge in [-0.2, -0.15) is 0 Å². The van der Waals surface area contributed by atoms with Crippen molar-refractivity contribution in [3.05, 3.63) is 44.1 Å². The first-order valence-electron chi connectivity index (χ1n) is 6.38. The van der Waals surface area contributed by atoms with E-state index in [9.17, 15) is 9.90 Å². The SMILES string of the molecule is CCCc1nc(S/C(=C\c2cccc(I)c2)C(=O)O)n[nH]1. The van der Waals surface area contributed by atoms with E-state index in [1.54, 1.807) is 6.08 Å². The summed E-state index contributed by atoms with van der Waals surface area (Å²) >= 11 is 3.24. The summed E-state index contributed by atoms with van der Waals surface area (Å²) in [6.45, 7) is 2.05. The molecule has 0 aliphatic heterocycles. The summed E-state index contributed by atoms with van der Waals surface area (Å²) in [4.78, 5) is 15.8. The van der Waals surface area contributed by atoms with Crippen molar-refractivity contribution in [1.29, 1.82) is 0 Å². The minimum absolute atomic E-state index is 0.194. The van der Waals surface area contributed by atoms with Gasteiger partial charge in [0, 0.05) is 9.99 Å². The van der Waals surface area contributed by atoms with E-state index < -0.39 is 5.97 Å². The molecule has 0 aliphatic rings. The van der Waals surface area contributed by atoms with Gasteiger partial charge in [-0.05, 0) is 64.5 Å². The van der Waals surface area contributed by atoms with Crippen LogP contribution >= 0.6 is 34.4 Å². The van der Waals surface area contributed by atoms with Crippen LogP contribution in [0.2, 0.25) is 0 Å². The maximum Gasteiger partial charge on any atom is 0.342 e. The lowest BCUT2D eigenvalue weighted by Gasteiger charge is -2.00. The molecular weight excluding hydrogens is 401 g/mol. The summed E-state index contributed by atoms with van der Waals surface area (Å²) < 4.78 is 1.05. The summed E-state index contributed by atoms with van der Waals surface area (Å²) in [5.74, 6) is -0.209. The van der Waals surface area contributed by atoms with Crippen molar-refractivity contribution in [3.8, 4) is 0 Å². The molecule has 0 radical (unpaired) electrons. The Balaban J connectivity index is 2.20. The van der Waals surface area contributed by atoms with Crippen LogP contribution in [-0.4, -0.2) is 26.3 Å². The second-order valence-electron chi connectivity index (χ2n) is 4.29. The second kappa shape index (κ2) is 7.60. The van der Waals surface area contributed by atoms with E-state index in [4.69, 9.17) is 0 Å². The van der Waals surface area contributed by atoms with Gasteiger partial charge < -0.3 is 5.11 Å². The quantitative estimate of drug-likeness (QED) is 0.429. The molecule has 1 heterocycles. The number of thioether (sulfide) groups is 1. The number of aromatic nitrogens is 3. The molecule has 0 fully saturated rings. The second-order valence-corrected chi connectivity index (χ2v) is 6.54. The molecule has 0 unspecified atom stereocenters. The van der Waals surface area contributed by atoms with Crippen LogP contribution in [-0.2, 0) is 11.2 Å². The number of H-pyrrole nitrogens is 1. The van der Waals surface area contributed by atoms with E-state index in [1.165, 1.54) is 0 Å². The molecule has 2 rings (SSSR count). The van der Waals surface area contributed by atoms with Crippen LogP contribution < -0.4 is 0 Å². The molecule has 2 N–H and O–H groups in total. The molecule has 1 aromatic carbocycles. The molecule has 0 spiro atoms. The number of halogens is 1. The molecule has 1 aromatic heterocycles. The third kappa shape index (κ3) is 4.85. The van der Waals surface area contributed by atoms with Gasteiger partial charge in [-0.25, -0.2) is 9.78 Å². The summed E-state index contributed by atoms with van der Waals surface area (Å²) in [5, 5.41) is 16.6. The van der Waals surface area contributed by atoms with Crippen molar-refractivity contribution in [3.63, 3.8) is 0 Å². The number of aromatic amines is 1. The summed E-state index contributed by atoms with van der Waals surface area (Å²) in [7, 11) is 0. The first-order chi connectivity index (χ1) is 10.1. The largest absolute Gasteiger partial charge is 0.477 e. The van der Waals surface area contributed by atoms with Gasteiger partial charge in [0.05, 0.1) is 0 Å². The molecule has 0 bridgehead atoms. The van der Waals surface area contributed by atoms with Crippen LogP contribution in [0.5, 0.6) is 0 Å². The number of carboxylic acid groups (broad SMARTS) is 1. The van der Waals surface area contributed by atoms with Gasteiger partial charge in [0.15, 0.2) is 0 Å². The standard InChI is InChI=1S/C14H14IN3O2S/c1-2-4-12-16-14(18-17-12)21-11(13(19)20)8-9-5-3-6-10(15)7-9/h3,5-8H,2,4H2,1H3,(H,19,20)(H,16,17,18)/b11-8-. The highest BCUT2D eigenvalue weighted by atomic mass is 127. The topological polar surface area (TPSA) is 78.9 Å². The molecule has 0 saturated heterocycles. The fourth-order valence-corrected chi connectivity index (χ4v) is 2.95. The van der Waals surface area contributed by atoms with E-state index in [-0.39, 0.29) is 4.91 Å². The van der Waals surface area contributed by atoms with Gasteiger partial charge in [-0.3, -0.25) is 5.10 Å². The number of nitrogens with zero attached hydrogens (tertiary/aromatic N) is 2. The van der Waals surface area contributed by atoms with Crippen LogP contribution in [0.25, 0.3) is 6.08 Å². The number of hydrogen-bond donors (Lipinski definition) is 2. The molecule has 21 heavy (non-hydrogen) atoms. The molecule has 0 atom stereocenters. The summed E-state index contributed by atoms with van der Waals surface area (Å²) in [6, 6.07) is 7.64. The Morgan fingerprint density at radius 2 is 2.33 bits per heavy atom. The van der Waals surface area contributed by atoms with E-state index >= 15 is 0 Å². The Bertz CT molecular complexity index is 670. The Morgan fingerprint density at radius 1 is 1.52 bits per heavy atom. The number of hydrogen-bond acceptors (Lipinski definition) is 4. The summed E-state index contributed by atoms with van der Waals surface area (Å²) in [6.07, 6.45) is 3.39. The molecule has 2 aromatic rings. The van der Waals surface area contributed by atoms with Gasteiger partial charge >= 0.3 is 5.97 Å². The minimum atomic E-state index is -0.985. The van der Waals surface area contributed by atoms with Crippen molar-refractivity contribution in [1.82, 2.24) is 15.2 Å². The zero-order valence-corrected chi connectivity index (χ0v) is 14.3. The summed E-state index contributed by atoms with van der Waals surface area (Å²) in [5.41, 5.74) is 0.844. The van der Waals surface area contributed by atoms with Crippen molar-refractivity contribution in [2.45, 2.75) is 24.9 Å². The van der Waals surface area contributed by atoms with E-state index in [0.29, 0.717) is 5.16 Å². The minimum Gasteiger partial charge on any atom is -0.477 e. The first-order valence-corrected chi connectivity index (χ1v) is 8.27. The predicted molar refractivity (Wildman–Crippen MR) is 91.0 cm³/mol. The monoisotopic (exact) mass is 415 g/mol. The molecule has 0 aliphatic carbocycles. The molecular formula is C14H14IN3O2S. The Kier molecular flexibility index (Phi) is 5.80. The van der Waals surface area contributed by atoms with Crippen molar-refractivity contribution in [2.75, 3.05) is 0 Å². The van der Waals surface area contributed by atoms with Gasteiger partial charge in [0.1, 0.15) is 10.7 Å². The van der Waals surface area contributed by atoms with Crippen LogP contribution in [0.15, 0.2) is 34.3 Å². The molecule has 5 nitrogen and oxygen atoms in total. The Labute approximate surface area is 140 Å². The first kappa shape index (κ1) is 16.0. The van der Waals surface area contributed by atoms with Gasteiger partial charge in [-0.15, -0.1) is 5.10 Å². The number of aliphatic carboxylic acids is 1. The highest BCUT2D eigenvalue weighted by Crippen LogP contribution is 2.26. The maximum absolute atomic E-state index is 11.4. The number of benzene rings is 1. The predicted octanol–water partition coefficient (Wildman–Crippen LogP) is 3.58. The number of carboxylic acids is 1. The number of carbonyl (C=O) groups is 1. The lowest BCUT2D eigenvalue weighted by Crippen LogP contribution is -1.97. The van der Waals surface area contributed by atoms with Crippen molar-refractivity contribution >= 4 is 46.4 Å². The highest BCUT2D eigenvalue weighted by Gasteiger charge is 2.13. The van der Waals surface area contributed by atoms with Crippen LogP contribution in [0.1, 0.15) is 24.7 Å². The zero-order chi connectivity index (χ0) is 15.2. The lowest BCUT2D eigenvalue weighted by molar-refractivity contribution is -0.131. The molecule has 0 saturated carbocycles. The fourth-order valence-electron chi connectivity index (χ4n) is 1.65. The van der Waals surface area contributed by atoms with Crippen molar-refractivity contribution in [2.24, 2.45) is 0 Å². The van der Waals surface area contributed by atoms with E-state index in [2.05, 4.69) is 44.7 Å². The molecule has 7 heteroatoms. The molecule has 110 valence electrons. The highest BCUT2D eigenvalue weighted by molar-refractivity contribution is 14.1. The number of aryl methyl sites for hydroxylation is 1. The number of rotatable bonds is 6. The average Bonchev–Trinajstić information content (AvgIpc) is 2.86. The Hall–Kier alpha value is -1.35. The smallest absolute Gasteiger partial charge is 0.342 e. The van der Waals surface area contributed by atoms with Gasteiger partial charge in [-0.1, -0.05) is 19.1 Å². The third-order valence-electron chi connectivity index (χ3n) is 2.56. The maximum atomic E-state index is 11.4. The average molecular weight is 415 g/mol. The number of nitrogens with one attached hydrogen (secondary N) is 1. The Morgan fingerprint density at radius 3 is 3.00 bits per heavy atom. The van der Waals surface area contributed by atoms with E-state index in [0.717, 1.165) is 39.6 Å². The zero-order valence-electron chi connectivity index (χ0n) is 11.3. The van der Waals surface area contributed by atoms with Gasteiger partial charge in [0.25, 0.3) is 0 Å². The normalized spacial score (nSPS) is 11.6. The van der Waals surface area contributed by atoms with Crippen LogP contribution in [0.3, 0.4) is 0 Å². The molecule has 0 amide bonds. The van der Waals surface area contributed by atoms with Crippen molar-refractivity contribution < 1.29 is 9.90 Å². The van der Waals surface area contributed by atoms with E-state index in [1.807, 2.05) is 24.3 Å². The van der Waals surface area contributed by atoms with Crippen LogP contribution in [0, 0.1) is 3.57 Å². The van der Waals surface area contributed by atoms with Crippen LogP contribution in [0.4, 0.5) is 0 Å². The fraction of sp³-hybridized carbons (Fsp3) is 0.214. The van der Waals surface area contributed by atoms with Gasteiger partial charge in [0.2, 0.25) is 5.16 Å².